The summed E-state index contributed by atoms with van der Waals surface area (Å²) in [5.74, 6) is -1.46. The quantitative estimate of drug-likeness (QED) is 0.420. The van der Waals surface area contributed by atoms with E-state index < -0.39 is 11.7 Å². The molecule has 0 unspecified atom stereocenters. The maximum absolute atomic E-state index is 14.8. The van der Waals surface area contributed by atoms with Gasteiger partial charge in [-0.15, -0.1) is 6.58 Å². The monoisotopic (exact) mass is 386 g/mol. The average molecular weight is 387 g/mol. The van der Waals surface area contributed by atoms with Gasteiger partial charge in [0.1, 0.15) is 11.6 Å². The summed E-state index contributed by atoms with van der Waals surface area (Å²) in [5, 5.41) is 1.07. The van der Waals surface area contributed by atoms with Crippen LogP contribution in [0.1, 0.15) is 63.0 Å². The average Bonchev–Trinajstić information content (AvgIpc) is 2.73. The SMILES string of the molecule is C=CCCC1CCC(C(F)=C(F)c2ccc3c(F)c(CCC)ccc3c2)CC1. The number of benzene rings is 2. The number of aryl methyl sites for hydroxylation is 1. The summed E-state index contributed by atoms with van der Waals surface area (Å²) in [6, 6.07) is 8.15. The summed E-state index contributed by atoms with van der Waals surface area (Å²) in [6.07, 6.45) is 8.74. The van der Waals surface area contributed by atoms with E-state index in [0.717, 1.165) is 32.1 Å². The van der Waals surface area contributed by atoms with Crippen LogP contribution >= 0.6 is 0 Å². The van der Waals surface area contributed by atoms with Crippen molar-refractivity contribution < 1.29 is 13.2 Å². The van der Waals surface area contributed by atoms with Gasteiger partial charge in [-0.05, 0) is 67.9 Å². The molecule has 0 N–H and O–H groups in total. The molecule has 0 aromatic heterocycles. The molecule has 0 aliphatic heterocycles. The first-order valence-corrected chi connectivity index (χ1v) is 10.4. The van der Waals surface area contributed by atoms with E-state index in [1.807, 2.05) is 13.0 Å². The first-order valence-electron chi connectivity index (χ1n) is 10.4. The number of halogens is 3. The largest absolute Gasteiger partial charge is 0.208 e. The Labute approximate surface area is 166 Å². The van der Waals surface area contributed by atoms with Crippen LogP contribution in [0.2, 0.25) is 0 Å². The summed E-state index contributed by atoms with van der Waals surface area (Å²) in [5.41, 5.74) is 0.861. The molecule has 3 rings (SSSR count). The zero-order chi connectivity index (χ0) is 20.1. The molecule has 0 spiro atoms. The number of fused-ring (bicyclic) bond motifs is 1. The minimum absolute atomic E-state index is 0.196. The minimum Gasteiger partial charge on any atom is -0.208 e. The molecular weight excluding hydrogens is 357 g/mol. The van der Waals surface area contributed by atoms with Gasteiger partial charge in [0.25, 0.3) is 0 Å². The Bertz CT molecular complexity index is 857. The summed E-state index contributed by atoms with van der Waals surface area (Å²) in [7, 11) is 0. The lowest BCUT2D eigenvalue weighted by molar-refractivity contribution is 0.263. The van der Waals surface area contributed by atoms with Gasteiger partial charge in [0.15, 0.2) is 5.83 Å². The fourth-order valence-electron chi connectivity index (χ4n) is 4.31. The highest BCUT2D eigenvalue weighted by Gasteiger charge is 2.26. The second-order valence-electron chi connectivity index (χ2n) is 7.97. The molecule has 28 heavy (non-hydrogen) atoms. The van der Waals surface area contributed by atoms with Crippen LogP contribution in [0.4, 0.5) is 13.2 Å². The molecule has 0 amide bonds. The van der Waals surface area contributed by atoms with Gasteiger partial charge in [0.05, 0.1) is 0 Å². The molecule has 1 fully saturated rings. The molecule has 0 bridgehead atoms. The van der Waals surface area contributed by atoms with Crippen molar-refractivity contribution in [3.63, 3.8) is 0 Å². The highest BCUT2D eigenvalue weighted by atomic mass is 19.2. The molecule has 0 radical (unpaired) electrons. The van der Waals surface area contributed by atoms with E-state index in [0.29, 0.717) is 41.5 Å². The number of allylic oxidation sites excluding steroid dienone is 2. The molecule has 3 heteroatoms. The van der Waals surface area contributed by atoms with Crippen molar-refractivity contribution in [2.75, 3.05) is 0 Å². The molecule has 2 aromatic rings. The Hall–Kier alpha value is -2.03. The van der Waals surface area contributed by atoms with E-state index in [1.165, 1.54) is 6.07 Å². The molecule has 1 aliphatic carbocycles. The third kappa shape index (κ3) is 4.51. The molecular formula is C25H29F3. The zero-order valence-electron chi connectivity index (χ0n) is 16.6. The Balaban J connectivity index is 1.79. The van der Waals surface area contributed by atoms with E-state index in [-0.39, 0.29) is 17.3 Å². The standard InChI is InChI=1S/C25H29F3/c1-3-5-7-17-8-10-19(11-9-17)24(27)25(28)21-14-15-22-20(16-21)13-12-18(6-4-2)23(22)26/h3,12-17,19H,1,4-11H2,2H3. The third-order valence-electron chi connectivity index (χ3n) is 6.00. The van der Waals surface area contributed by atoms with E-state index in [9.17, 15) is 13.2 Å². The molecule has 0 atom stereocenters. The number of hydrogen-bond donors (Lipinski definition) is 0. The van der Waals surface area contributed by atoms with Gasteiger partial charge < -0.3 is 0 Å². The van der Waals surface area contributed by atoms with Gasteiger partial charge in [0, 0.05) is 16.9 Å². The lowest BCUT2D eigenvalue weighted by atomic mass is 9.79. The fraction of sp³-hybridized carbons (Fsp3) is 0.440. The molecule has 0 saturated heterocycles. The molecule has 0 nitrogen and oxygen atoms in total. The maximum atomic E-state index is 14.8. The normalized spacial score (nSPS) is 20.9. The number of hydrogen-bond acceptors (Lipinski definition) is 0. The van der Waals surface area contributed by atoms with Crippen LogP contribution < -0.4 is 0 Å². The van der Waals surface area contributed by atoms with Crippen LogP contribution in [0.15, 0.2) is 48.8 Å². The van der Waals surface area contributed by atoms with Gasteiger partial charge >= 0.3 is 0 Å². The first kappa shape index (κ1) is 20.7. The Morgan fingerprint density at radius 2 is 1.86 bits per heavy atom. The van der Waals surface area contributed by atoms with Crippen molar-refractivity contribution in [2.24, 2.45) is 11.8 Å². The van der Waals surface area contributed by atoms with Crippen molar-refractivity contribution in [3.8, 4) is 0 Å². The molecule has 1 saturated carbocycles. The van der Waals surface area contributed by atoms with Gasteiger partial charge in [-0.3, -0.25) is 0 Å². The highest BCUT2D eigenvalue weighted by Crippen LogP contribution is 2.39. The van der Waals surface area contributed by atoms with Gasteiger partial charge in [0.2, 0.25) is 0 Å². The lowest BCUT2D eigenvalue weighted by Crippen LogP contribution is -2.15. The number of rotatable bonds is 7. The fourth-order valence-corrected chi connectivity index (χ4v) is 4.31. The van der Waals surface area contributed by atoms with Crippen molar-refractivity contribution >= 4 is 16.6 Å². The summed E-state index contributed by atoms with van der Waals surface area (Å²) in [6.45, 7) is 5.75. The Morgan fingerprint density at radius 3 is 2.54 bits per heavy atom. The zero-order valence-corrected chi connectivity index (χ0v) is 16.6. The second kappa shape index (κ2) is 9.45. The molecule has 150 valence electrons. The van der Waals surface area contributed by atoms with Crippen LogP contribution in [0, 0.1) is 17.7 Å². The first-order chi connectivity index (χ1) is 13.5. The topological polar surface area (TPSA) is 0 Å². The molecule has 2 aromatic carbocycles. The van der Waals surface area contributed by atoms with Crippen LogP contribution in [-0.4, -0.2) is 0 Å². The van der Waals surface area contributed by atoms with E-state index in [4.69, 9.17) is 0 Å². The highest BCUT2D eigenvalue weighted by molar-refractivity contribution is 5.87. The predicted molar refractivity (Wildman–Crippen MR) is 112 cm³/mol. The van der Waals surface area contributed by atoms with Crippen LogP contribution in [0.5, 0.6) is 0 Å². The van der Waals surface area contributed by atoms with Gasteiger partial charge in [-0.2, -0.15) is 0 Å². The van der Waals surface area contributed by atoms with Crippen molar-refractivity contribution in [2.45, 2.75) is 58.3 Å². The summed E-state index contributed by atoms with van der Waals surface area (Å²) < 4.78 is 44.2. The second-order valence-corrected chi connectivity index (χ2v) is 7.97. The van der Waals surface area contributed by atoms with Crippen LogP contribution in [0.3, 0.4) is 0 Å². The summed E-state index contributed by atoms with van der Waals surface area (Å²) in [4.78, 5) is 0. The third-order valence-corrected chi connectivity index (χ3v) is 6.00. The maximum Gasteiger partial charge on any atom is 0.162 e. The predicted octanol–water partition coefficient (Wildman–Crippen LogP) is 8.31. The lowest BCUT2D eigenvalue weighted by Gasteiger charge is -2.27. The van der Waals surface area contributed by atoms with E-state index in [2.05, 4.69) is 6.58 Å². The van der Waals surface area contributed by atoms with Crippen molar-refractivity contribution in [1.82, 2.24) is 0 Å². The minimum atomic E-state index is -0.797. The van der Waals surface area contributed by atoms with Crippen LogP contribution in [-0.2, 0) is 6.42 Å². The molecule has 0 heterocycles. The van der Waals surface area contributed by atoms with Gasteiger partial charge in [-0.25, -0.2) is 13.2 Å². The van der Waals surface area contributed by atoms with E-state index in [1.54, 1.807) is 24.3 Å². The smallest absolute Gasteiger partial charge is 0.162 e. The van der Waals surface area contributed by atoms with Crippen LogP contribution in [0.25, 0.3) is 16.6 Å². The van der Waals surface area contributed by atoms with Crippen molar-refractivity contribution in [3.05, 3.63) is 65.8 Å². The molecule has 1 aliphatic rings. The van der Waals surface area contributed by atoms with E-state index >= 15 is 0 Å². The Morgan fingerprint density at radius 1 is 1.11 bits per heavy atom. The Kier molecular flexibility index (Phi) is 6.98. The van der Waals surface area contributed by atoms with Crippen molar-refractivity contribution in [1.29, 1.82) is 0 Å². The summed E-state index contributed by atoms with van der Waals surface area (Å²) >= 11 is 0. The van der Waals surface area contributed by atoms with Gasteiger partial charge in [-0.1, -0.05) is 43.7 Å².